The van der Waals surface area contributed by atoms with E-state index in [9.17, 15) is 9.59 Å². The minimum absolute atomic E-state index is 0.137. The predicted molar refractivity (Wildman–Crippen MR) is 64.0 cm³/mol. The van der Waals surface area contributed by atoms with Gasteiger partial charge in [0.15, 0.2) is 0 Å². The van der Waals surface area contributed by atoms with E-state index in [4.69, 9.17) is 14.2 Å². The summed E-state index contributed by atoms with van der Waals surface area (Å²) in [6.07, 6.45) is 2.06. The first-order valence-electron chi connectivity index (χ1n) is 5.87. The Balaban J connectivity index is 3.45. The molecule has 0 fully saturated rings. The Morgan fingerprint density at radius 1 is 0.778 bits per heavy atom. The summed E-state index contributed by atoms with van der Waals surface area (Å²) in [6.45, 7) is 5.92. The second kappa shape index (κ2) is 12.1. The minimum Gasteiger partial charge on any atom is -0.463 e. The van der Waals surface area contributed by atoms with Crippen LogP contribution in [0.2, 0.25) is 0 Å². The fourth-order valence-electron chi connectivity index (χ4n) is 0.940. The Morgan fingerprint density at radius 3 is 1.94 bits per heavy atom. The van der Waals surface area contributed by atoms with Gasteiger partial charge in [-0.3, -0.25) is 0 Å². The number of hydrogen-bond donors (Lipinski definition) is 0. The van der Waals surface area contributed by atoms with E-state index in [1.165, 1.54) is 0 Å². The first-order valence-corrected chi connectivity index (χ1v) is 5.87. The lowest BCUT2D eigenvalue weighted by Crippen LogP contribution is -2.12. The predicted octanol–water partition coefficient (Wildman–Crippen LogP) is 0.702. The minimum atomic E-state index is -0.600. The molecule has 0 aliphatic rings. The Labute approximate surface area is 107 Å². The van der Waals surface area contributed by atoms with Crippen molar-refractivity contribution in [3.8, 4) is 0 Å². The van der Waals surface area contributed by atoms with Gasteiger partial charge in [-0.2, -0.15) is 0 Å². The van der Waals surface area contributed by atoms with E-state index in [1.54, 1.807) is 6.92 Å². The molecule has 0 N–H and O–H groups in total. The fraction of sp³-hybridized carbons (Fsp3) is 0.667. The zero-order valence-electron chi connectivity index (χ0n) is 10.8. The van der Waals surface area contributed by atoms with Gasteiger partial charge in [0.1, 0.15) is 6.61 Å². The fourth-order valence-corrected chi connectivity index (χ4v) is 0.940. The van der Waals surface area contributed by atoms with Crippen molar-refractivity contribution >= 4 is 11.9 Å². The third-order valence-electron chi connectivity index (χ3n) is 1.69. The summed E-state index contributed by atoms with van der Waals surface area (Å²) in [4.78, 5) is 22.0. The van der Waals surface area contributed by atoms with Gasteiger partial charge in [-0.05, 0) is 13.8 Å². The van der Waals surface area contributed by atoms with Crippen LogP contribution in [0.4, 0.5) is 0 Å². The Morgan fingerprint density at radius 2 is 1.33 bits per heavy atom. The quantitative estimate of drug-likeness (QED) is 0.327. The van der Waals surface area contributed by atoms with Crippen LogP contribution < -0.4 is 0 Å². The monoisotopic (exact) mass is 260 g/mol. The maximum absolute atomic E-state index is 11.1. The lowest BCUT2D eigenvalue weighted by Gasteiger charge is -2.04. The van der Waals surface area contributed by atoms with E-state index in [0.29, 0.717) is 26.4 Å². The summed E-state index contributed by atoms with van der Waals surface area (Å²) in [5.41, 5.74) is 0. The van der Waals surface area contributed by atoms with E-state index in [-0.39, 0.29) is 13.2 Å². The zero-order valence-corrected chi connectivity index (χ0v) is 10.8. The van der Waals surface area contributed by atoms with Crippen LogP contribution in [0.25, 0.3) is 0 Å². The SMILES string of the molecule is CCOCCOCCOC(=O)/C=C/C(=O)OCC. The number of carbonyl (C=O) groups is 2. The molecule has 0 saturated heterocycles. The molecule has 0 rings (SSSR count). The first kappa shape index (κ1) is 16.6. The summed E-state index contributed by atoms with van der Waals surface area (Å²) in [5.74, 6) is -1.17. The van der Waals surface area contributed by atoms with Crippen molar-refractivity contribution in [2.75, 3.05) is 39.6 Å². The summed E-state index contributed by atoms with van der Waals surface area (Å²) < 4.78 is 19.6. The number of rotatable bonds is 10. The molecule has 6 nitrogen and oxygen atoms in total. The highest BCUT2D eigenvalue weighted by Gasteiger charge is 1.99. The van der Waals surface area contributed by atoms with E-state index in [0.717, 1.165) is 12.2 Å². The van der Waals surface area contributed by atoms with Crippen LogP contribution in [0.5, 0.6) is 0 Å². The van der Waals surface area contributed by atoms with Crippen LogP contribution in [0.3, 0.4) is 0 Å². The Hall–Kier alpha value is -1.40. The lowest BCUT2D eigenvalue weighted by molar-refractivity contribution is -0.141. The van der Waals surface area contributed by atoms with Crippen molar-refractivity contribution in [2.45, 2.75) is 13.8 Å². The molecule has 0 heterocycles. The largest absolute Gasteiger partial charge is 0.463 e. The topological polar surface area (TPSA) is 71.1 Å². The number of hydrogen-bond acceptors (Lipinski definition) is 6. The maximum atomic E-state index is 11.1. The molecule has 0 aromatic heterocycles. The normalized spacial score (nSPS) is 10.6. The van der Waals surface area contributed by atoms with Crippen molar-refractivity contribution in [1.82, 2.24) is 0 Å². The van der Waals surface area contributed by atoms with Gasteiger partial charge in [0.05, 0.1) is 26.4 Å². The van der Waals surface area contributed by atoms with Crippen molar-refractivity contribution in [3.05, 3.63) is 12.2 Å². The molecule has 104 valence electrons. The average molecular weight is 260 g/mol. The molecule has 0 aromatic carbocycles. The van der Waals surface area contributed by atoms with Crippen LogP contribution in [0, 0.1) is 0 Å². The average Bonchev–Trinajstić information content (AvgIpc) is 2.35. The Bertz CT molecular complexity index is 261. The summed E-state index contributed by atoms with van der Waals surface area (Å²) in [6, 6.07) is 0. The molecule has 0 atom stereocenters. The van der Waals surface area contributed by atoms with Gasteiger partial charge >= 0.3 is 11.9 Å². The zero-order chi connectivity index (χ0) is 13.6. The molecule has 0 radical (unpaired) electrons. The van der Waals surface area contributed by atoms with Gasteiger partial charge in [0.25, 0.3) is 0 Å². The van der Waals surface area contributed by atoms with Gasteiger partial charge < -0.3 is 18.9 Å². The second-order valence-corrected chi connectivity index (χ2v) is 3.06. The molecule has 0 aromatic rings. The standard InChI is InChI=1S/C12H20O6/c1-3-15-7-8-16-9-10-18-12(14)6-5-11(13)17-4-2/h5-6H,3-4,7-10H2,1-2H3/b6-5+. The molecule has 0 amide bonds. The van der Waals surface area contributed by atoms with E-state index in [2.05, 4.69) is 4.74 Å². The van der Waals surface area contributed by atoms with Crippen molar-refractivity contribution < 1.29 is 28.5 Å². The van der Waals surface area contributed by atoms with E-state index < -0.39 is 11.9 Å². The highest BCUT2D eigenvalue weighted by Crippen LogP contribution is 1.86. The molecule has 18 heavy (non-hydrogen) atoms. The van der Waals surface area contributed by atoms with E-state index in [1.807, 2.05) is 6.92 Å². The highest BCUT2D eigenvalue weighted by atomic mass is 16.6. The molecule has 0 saturated carbocycles. The molecule has 6 heteroatoms. The van der Waals surface area contributed by atoms with Crippen molar-refractivity contribution in [2.24, 2.45) is 0 Å². The number of esters is 2. The highest BCUT2D eigenvalue weighted by molar-refractivity contribution is 5.91. The molecular formula is C12H20O6. The van der Waals surface area contributed by atoms with Crippen LogP contribution in [0.15, 0.2) is 12.2 Å². The van der Waals surface area contributed by atoms with E-state index >= 15 is 0 Å². The third-order valence-corrected chi connectivity index (χ3v) is 1.69. The van der Waals surface area contributed by atoms with Gasteiger partial charge in [0.2, 0.25) is 0 Å². The molecule has 0 unspecified atom stereocenters. The van der Waals surface area contributed by atoms with Gasteiger partial charge in [-0.1, -0.05) is 0 Å². The van der Waals surface area contributed by atoms with Crippen molar-refractivity contribution in [3.63, 3.8) is 0 Å². The summed E-state index contributed by atoms with van der Waals surface area (Å²) >= 11 is 0. The number of carbonyl (C=O) groups excluding carboxylic acids is 2. The lowest BCUT2D eigenvalue weighted by atomic mass is 10.5. The smallest absolute Gasteiger partial charge is 0.331 e. The summed E-state index contributed by atoms with van der Waals surface area (Å²) in [7, 11) is 0. The van der Waals surface area contributed by atoms with Crippen molar-refractivity contribution in [1.29, 1.82) is 0 Å². The second-order valence-electron chi connectivity index (χ2n) is 3.06. The molecule has 0 aliphatic carbocycles. The molecule has 0 spiro atoms. The summed E-state index contributed by atoms with van der Waals surface area (Å²) in [5, 5.41) is 0. The third kappa shape index (κ3) is 11.1. The van der Waals surface area contributed by atoms with Crippen LogP contribution in [0.1, 0.15) is 13.8 Å². The Kier molecular flexibility index (Phi) is 11.1. The molecular weight excluding hydrogens is 240 g/mol. The molecule has 0 bridgehead atoms. The maximum Gasteiger partial charge on any atom is 0.331 e. The molecule has 0 aliphatic heterocycles. The number of ether oxygens (including phenoxy) is 4. The van der Waals surface area contributed by atoms with Gasteiger partial charge in [-0.25, -0.2) is 9.59 Å². The first-order chi connectivity index (χ1) is 8.70. The van der Waals surface area contributed by atoms with Gasteiger partial charge in [-0.15, -0.1) is 0 Å². The van der Waals surface area contributed by atoms with Gasteiger partial charge in [0, 0.05) is 18.8 Å². The van der Waals surface area contributed by atoms with Crippen LogP contribution >= 0.6 is 0 Å². The van der Waals surface area contributed by atoms with Crippen LogP contribution in [-0.4, -0.2) is 51.6 Å². The van der Waals surface area contributed by atoms with Crippen LogP contribution in [-0.2, 0) is 28.5 Å².